The lowest BCUT2D eigenvalue weighted by atomic mass is 10.2. The molecule has 0 N–H and O–H groups in total. The van der Waals surface area contributed by atoms with Gasteiger partial charge in [0.1, 0.15) is 0 Å². The largest absolute Gasteiger partial charge is 0.426 e. The minimum Gasteiger partial charge on any atom is -0.426 e. The molecule has 0 radical (unpaired) electrons. The van der Waals surface area contributed by atoms with Gasteiger partial charge in [-0.2, -0.15) is 0 Å². The average molecular weight is 225 g/mol. The molecule has 6 heteroatoms. The molecule has 0 atom stereocenters. The SMILES string of the molecule is Cc1nnc(CCC(=O)N2CCOCC2)o1. The second kappa shape index (κ2) is 5.07. The predicted octanol–water partition coefficient (Wildman–Crippen LogP) is 0.169. The summed E-state index contributed by atoms with van der Waals surface area (Å²) in [6.07, 6.45) is 0.929. The van der Waals surface area contributed by atoms with Crippen LogP contribution in [0.25, 0.3) is 0 Å². The molecule has 0 saturated carbocycles. The third-order valence-electron chi connectivity index (χ3n) is 2.48. The van der Waals surface area contributed by atoms with Crippen LogP contribution in [-0.2, 0) is 16.0 Å². The summed E-state index contributed by atoms with van der Waals surface area (Å²) in [5.74, 6) is 1.19. The summed E-state index contributed by atoms with van der Waals surface area (Å²) in [7, 11) is 0. The Morgan fingerprint density at radius 3 is 2.75 bits per heavy atom. The van der Waals surface area contributed by atoms with Crippen molar-refractivity contribution in [3.05, 3.63) is 11.8 Å². The Bertz CT molecular complexity index is 358. The first-order valence-corrected chi connectivity index (χ1v) is 5.40. The van der Waals surface area contributed by atoms with Crippen LogP contribution in [0.15, 0.2) is 4.42 Å². The van der Waals surface area contributed by atoms with Crippen molar-refractivity contribution in [2.45, 2.75) is 19.8 Å². The maximum atomic E-state index is 11.8. The summed E-state index contributed by atoms with van der Waals surface area (Å²) in [6, 6.07) is 0. The summed E-state index contributed by atoms with van der Waals surface area (Å²) >= 11 is 0. The fourth-order valence-corrected chi connectivity index (χ4v) is 1.62. The summed E-state index contributed by atoms with van der Waals surface area (Å²) in [5, 5.41) is 7.57. The number of nitrogens with zero attached hydrogens (tertiary/aromatic N) is 3. The minimum absolute atomic E-state index is 0.124. The molecule has 1 fully saturated rings. The van der Waals surface area contributed by atoms with Crippen LogP contribution in [0.2, 0.25) is 0 Å². The van der Waals surface area contributed by atoms with Gasteiger partial charge in [-0.15, -0.1) is 10.2 Å². The first kappa shape index (κ1) is 11.1. The summed E-state index contributed by atoms with van der Waals surface area (Å²) in [5.41, 5.74) is 0. The van der Waals surface area contributed by atoms with Crippen molar-refractivity contribution in [2.24, 2.45) is 0 Å². The highest BCUT2D eigenvalue weighted by Crippen LogP contribution is 2.05. The van der Waals surface area contributed by atoms with Crippen molar-refractivity contribution in [2.75, 3.05) is 26.3 Å². The molecule has 16 heavy (non-hydrogen) atoms. The van der Waals surface area contributed by atoms with Crippen molar-refractivity contribution in [3.63, 3.8) is 0 Å². The molecule has 0 bridgehead atoms. The number of carbonyl (C=O) groups excluding carboxylic acids is 1. The van der Waals surface area contributed by atoms with E-state index in [1.165, 1.54) is 0 Å². The highest BCUT2D eigenvalue weighted by atomic mass is 16.5. The number of hydrogen-bond donors (Lipinski definition) is 0. The Morgan fingerprint density at radius 2 is 2.12 bits per heavy atom. The van der Waals surface area contributed by atoms with E-state index in [1.807, 2.05) is 4.90 Å². The number of aromatic nitrogens is 2. The summed E-state index contributed by atoms with van der Waals surface area (Å²) < 4.78 is 10.4. The molecule has 6 nitrogen and oxygen atoms in total. The van der Waals surface area contributed by atoms with Crippen LogP contribution in [0.5, 0.6) is 0 Å². The van der Waals surface area contributed by atoms with E-state index in [-0.39, 0.29) is 5.91 Å². The van der Waals surface area contributed by atoms with Gasteiger partial charge in [-0.1, -0.05) is 0 Å². The lowest BCUT2D eigenvalue weighted by Crippen LogP contribution is -2.40. The van der Waals surface area contributed by atoms with Gasteiger partial charge in [0.2, 0.25) is 17.7 Å². The number of rotatable bonds is 3. The fraction of sp³-hybridized carbons (Fsp3) is 0.700. The topological polar surface area (TPSA) is 68.5 Å². The van der Waals surface area contributed by atoms with E-state index in [0.29, 0.717) is 50.9 Å². The molecule has 0 aliphatic carbocycles. The molecule has 0 unspecified atom stereocenters. The number of aryl methyl sites for hydroxylation is 2. The second-order valence-corrected chi connectivity index (χ2v) is 3.71. The van der Waals surface area contributed by atoms with E-state index in [9.17, 15) is 4.79 Å². The van der Waals surface area contributed by atoms with Crippen LogP contribution in [-0.4, -0.2) is 47.3 Å². The average Bonchev–Trinajstić information content (AvgIpc) is 2.73. The van der Waals surface area contributed by atoms with Crippen molar-refractivity contribution >= 4 is 5.91 Å². The van der Waals surface area contributed by atoms with E-state index in [0.717, 1.165) is 0 Å². The van der Waals surface area contributed by atoms with Crippen molar-refractivity contribution in [1.82, 2.24) is 15.1 Å². The molecule has 1 aliphatic heterocycles. The third-order valence-corrected chi connectivity index (χ3v) is 2.48. The molecule has 2 rings (SSSR count). The smallest absolute Gasteiger partial charge is 0.223 e. The molecule has 1 amide bonds. The van der Waals surface area contributed by atoms with Gasteiger partial charge in [0.25, 0.3) is 0 Å². The lowest BCUT2D eigenvalue weighted by Gasteiger charge is -2.26. The van der Waals surface area contributed by atoms with Crippen molar-refractivity contribution in [1.29, 1.82) is 0 Å². The second-order valence-electron chi connectivity index (χ2n) is 3.71. The van der Waals surface area contributed by atoms with Crippen LogP contribution in [0.1, 0.15) is 18.2 Å². The molecular formula is C10H15N3O3. The molecule has 0 spiro atoms. The van der Waals surface area contributed by atoms with Gasteiger partial charge in [-0.05, 0) is 0 Å². The van der Waals surface area contributed by atoms with Crippen LogP contribution in [0.3, 0.4) is 0 Å². The third kappa shape index (κ3) is 2.79. The van der Waals surface area contributed by atoms with Crippen molar-refractivity contribution < 1.29 is 13.9 Å². The van der Waals surface area contributed by atoms with Crippen LogP contribution >= 0.6 is 0 Å². The predicted molar refractivity (Wildman–Crippen MR) is 54.8 cm³/mol. The number of morpholine rings is 1. The zero-order valence-corrected chi connectivity index (χ0v) is 9.31. The van der Waals surface area contributed by atoms with E-state index >= 15 is 0 Å². The van der Waals surface area contributed by atoms with E-state index in [4.69, 9.17) is 9.15 Å². The molecule has 2 heterocycles. The molecule has 88 valence electrons. The van der Waals surface area contributed by atoms with E-state index < -0.39 is 0 Å². The lowest BCUT2D eigenvalue weighted by molar-refractivity contribution is -0.135. The van der Waals surface area contributed by atoms with Gasteiger partial charge in [0, 0.05) is 32.9 Å². The maximum absolute atomic E-state index is 11.8. The van der Waals surface area contributed by atoms with Gasteiger partial charge < -0.3 is 14.1 Å². The molecule has 1 aromatic rings. The number of carbonyl (C=O) groups is 1. The van der Waals surface area contributed by atoms with Gasteiger partial charge in [0.05, 0.1) is 13.2 Å². The first-order chi connectivity index (χ1) is 7.75. The van der Waals surface area contributed by atoms with Crippen LogP contribution in [0.4, 0.5) is 0 Å². The standard InChI is InChI=1S/C10H15N3O3/c1-8-11-12-9(16-8)2-3-10(14)13-4-6-15-7-5-13/h2-7H2,1H3. The van der Waals surface area contributed by atoms with Gasteiger partial charge in [-0.25, -0.2) is 0 Å². The van der Waals surface area contributed by atoms with E-state index in [1.54, 1.807) is 6.92 Å². The normalized spacial score (nSPS) is 16.4. The van der Waals surface area contributed by atoms with E-state index in [2.05, 4.69) is 10.2 Å². The summed E-state index contributed by atoms with van der Waals surface area (Å²) in [4.78, 5) is 13.6. The highest BCUT2D eigenvalue weighted by molar-refractivity contribution is 5.76. The van der Waals surface area contributed by atoms with Crippen LogP contribution < -0.4 is 0 Å². The number of amides is 1. The Labute approximate surface area is 93.6 Å². The zero-order valence-electron chi connectivity index (χ0n) is 9.31. The Balaban J connectivity index is 1.78. The zero-order chi connectivity index (χ0) is 11.4. The van der Waals surface area contributed by atoms with Crippen LogP contribution in [0, 0.1) is 6.92 Å². The van der Waals surface area contributed by atoms with Crippen molar-refractivity contribution in [3.8, 4) is 0 Å². The minimum atomic E-state index is 0.124. The van der Waals surface area contributed by atoms with Gasteiger partial charge in [-0.3, -0.25) is 4.79 Å². The van der Waals surface area contributed by atoms with Gasteiger partial charge >= 0.3 is 0 Å². The molecule has 0 aromatic carbocycles. The monoisotopic (exact) mass is 225 g/mol. The Morgan fingerprint density at radius 1 is 1.38 bits per heavy atom. The first-order valence-electron chi connectivity index (χ1n) is 5.40. The maximum Gasteiger partial charge on any atom is 0.223 e. The fourth-order valence-electron chi connectivity index (χ4n) is 1.62. The Kier molecular flexibility index (Phi) is 3.51. The quantitative estimate of drug-likeness (QED) is 0.733. The number of ether oxygens (including phenoxy) is 1. The van der Waals surface area contributed by atoms with Gasteiger partial charge in [0.15, 0.2) is 0 Å². The molecule has 1 aliphatic rings. The number of hydrogen-bond acceptors (Lipinski definition) is 5. The molecule has 1 saturated heterocycles. The Hall–Kier alpha value is -1.43. The summed E-state index contributed by atoms with van der Waals surface area (Å²) in [6.45, 7) is 4.36. The molecular weight excluding hydrogens is 210 g/mol. The highest BCUT2D eigenvalue weighted by Gasteiger charge is 2.17. The molecule has 1 aromatic heterocycles.